The van der Waals surface area contributed by atoms with Crippen LogP contribution in [0.1, 0.15) is 12.8 Å². The Morgan fingerprint density at radius 2 is 2.15 bits per heavy atom. The fourth-order valence-corrected chi connectivity index (χ4v) is 1.60. The fraction of sp³-hybridized carbons (Fsp3) is 0.875. The normalized spacial score (nSPS) is 29.2. The molecule has 74 valence electrons. The van der Waals surface area contributed by atoms with E-state index >= 15 is 0 Å². The van der Waals surface area contributed by atoms with Gasteiger partial charge >= 0.3 is 0 Å². The molecule has 13 heavy (non-hydrogen) atoms. The van der Waals surface area contributed by atoms with Gasteiger partial charge in [0.15, 0.2) is 0 Å². The lowest BCUT2D eigenvalue weighted by molar-refractivity contribution is -0.489. The van der Waals surface area contributed by atoms with Crippen molar-refractivity contribution in [3.8, 4) is 0 Å². The second-order valence-electron chi connectivity index (χ2n) is 3.27. The minimum Gasteiger partial charge on any atom is -0.381 e. The molecule has 0 bridgehead atoms. The number of hydrogen-bond donors (Lipinski definition) is 0. The first-order valence-corrected chi connectivity index (χ1v) is 4.39. The largest absolute Gasteiger partial charge is 0.381 e. The topological polar surface area (TPSA) is 69.4 Å². The summed E-state index contributed by atoms with van der Waals surface area (Å²) in [6, 6.07) is 0. The zero-order valence-electron chi connectivity index (χ0n) is 7.35. The third-order valence-electron chi connectivity index (χ3n) is 2.39. The number of nitrogens with zero attached hydrogens (tertiary/aromatic N) is 1. The molecule has 0 spiro atoms. The maximum absolute atomic E-state index is 10.6. The summed E-state index contributed by atoms with van der Waals surface area (Å²) in [5.41, 5.74) is 0. The van der Waals surface area contributed by atoms with Gasteiger partial charge in [0.05, 0.1) is 0 Å². The minimum atomic E-state index is -0.355. The van der Waals surface area contributed by atoms with Crippen molar-refractivity contribution in [2.45, 2.75) is 12.8 Å². The van der Waals surface area contributed by atoms with Crippen molar-refractivity contribution in [1.29, 1.82) is 0 Å². The molecule has 1 heterocycles. The van der Waals surface area contributed by atoms with Crippen LogP contribution in [0.3, 0.4) is 0 Å². The molecule has 0 aromatic heterocycles. The molecule has 5 heteroatoms. The van der Waals surface area contributed by atoms with E-state index in [-0.39, 0.29) is 23.3 Å². The summed E-state index contributed by atoms with van der Waals surface area (Å²) in [4.78, 5) is 20.6. The van der Waals surface area contributed by atoms with Crippen molar-refractivity contribution in [1.82, 2.24) is 0 Å². The summed E-state index contributed by atoms with van der Waals surface area (Å²) in [7, 11) is 0. The third-order valence-corrected chi connectivity index (χ3v) is 2.39. The summed E-state index contributed by atoms with van der Waals surface area (Å²) in [5.74, 6) is -0.345. The zero-order chi connectivity index (χ0) is 9.68. The Morgan fingerprint density at radius 3 is 2.77 bits per heavy atom. The van der Waals surface area contributed by atoms with E-state index in [4.69, 9.17) is 4.74 Å². The lowest BCUT2D eigenvalue weighted by Crippen LogP contribution is -2.24. The quantitative estimate of drug-likeness (QED) is 0.366. The van der Waals surface area contributed by atoms with Crippen molar-refractivity contribution in [3.05, 3.63) is 10.1 Å². The zero-order valence-corrected chi connectivity index (χ0v) is 7.35. The molecule has 0 aromatic rings. The Labute approximate surface area is 76.2 Å². The molecule has 1 rings (SSSR count). The van der Waals surface area contributed by atoms with E-state index in [2.05, 4.69) is 0 Å². The van der Waals surface area contributed by atoms with Gasteiger partial charge in [-0.15, -0.1) is 0 Å². The van der Waals surface area contributed by atoms with E-state index in [1.807, 2.05) is 0 Å². The highest BCUT2D eigenvalue weighted by molar-refractivity contribution is 5.54. The summed E-state index contributed by atoms with van der Waals surface area (Å²) in [6.07, 6.45) is 2.05. The van der Waals surface area contributed by atoms with Gasteiger partial charge in [0.1, 0.15) is 6.29 Å². The molecule has 1 aliphatic rings. The molecule has 0 aromatic carbocycles. The monoisotopic (exact) mass is 187 g/mol. The first-order valence-electron chi connectivity index (χ1n) is 4.39. The first kappa shape index (κ1) is 10.1. The molecular weight excluding hydrogens is 174 g/mol. The van der Waals surface area contributed by atoms with E-state index in [1.54, 1.807) is 0 Å². The molecule has 5 nitrogen and oxygen atoms in total. The molecule has 0 N–H and O–H groups in total. The molecule has 2 unspecified atom stereocenters. The second-order valence-corrected chi connectivity index (χ2v) is 3.27. The van der Waals surface area contributed by atoms with Crippen molar-refractivity contribution in [3.63, 3.8) is 0 Å². The van der Waals surface area contributed by atoms with Crippen LogP contribution in [-0.4, -0.2) is 31.0 Å². The van der Waals surface area contributed by atoms with Crippen LogP contribution in [0.15, 0.2) is 0 Å². The molecule has 0 amide bonds. The van der Waals surface area contributed by atoms with Gasteiger partial charge in [-0.25, -0.2) is 0 Å². The van der Waals surface area contributed by atoms with Crippen molar-refractivity contribution < 1.29 is 14.5 Å². The van der Waals surface area contributed by atoms with Crippen molar-refractivity contribution >= 4 is 6.29 Å². The van der Waals surface area contributed by atoms with E-state index in [1.165, 1.54) is 0 Å². The predicted molar refractivity (Wildman–Crippen MR) is 45.0 cm³/mol. The Morgan fingerprint density at radius 1 is 1.46 bits per heavy atom. The number of aldehydes is 1. The van der Waals surface area contributed by atoms with Gasteiger partial charge in [-0.2, -0.15) is 0 Å². The van der Waals surface area contributed by atoms with Crippen LogP contribution in [-0.2, 0) is 9.53 Å². The number of carbonyl (C=O) groups is 1. The van der Waals surface area contributed by atoms with Gasteiger partial charge in [0, 0.05) is 30.0 Å². The molecule has 2 atom stereocenters. The Hall–Kier alpha value is -0.970. The van der Waals surface area contributed by atoms with Gasteiger partial charge in [0.2, 0.25) is 6.54 Å². The summed E-state index contributed by atoms with van der Waals surface area (Å²) in [5, 5.41) is 10.3. The molecule has 1 aliphatic heterocycles. The van der Waals surface area contributed by atoms with Crippen LogP contribution in [0.4, 0.5) is 0 Å². The molecule has 1 fully saturated rings. The Bertz CT molecular complexity index is 195. The van der Waals surface area contributed by atoms with Crippen molar-refractivity contribution in [2.24, 2.45) is 11.8 Å². The van der Waals surface area contributed by atoms with Gasteiger partial charge in [-0.05, 0) is 12.8 Å². The van der Waals surface area contributed by atoms with Crippen LogP contribution >= 0.6 is 0 Å². The fourth-order valence-electron chi connectivity index (χ4n) is 1.60. The highest BCUT2D eigenvalue weighted by Gasteiger charge is 2.27. The van der Waals surface area contributed by atoms with Crippen molar-refractivity contribution in [2.75, 3.05) is 19.8 Å². The number of rotatable bonds is 3. The average Bonchev–Trinajstić information content (AvgIpc) is 2.28. The van der Waals surface area contributed by atoms with Gasteiger partial charge in [-0.3, -0.25) is 10.1 Å². The summed E-state index contributed by atoms with van der Waals surface area (Å²) in [6.45, 7) is 0.952. The number of nitro groups is 1. The first-order chi connectivity index (χ1) is 6.24. The number of carbonyl (C=O) groups excluding carboxylic acids is 1. The number of hydrogen-bond acceptors (Lipinski definition) is 4. The van der Waals surface area contributed by atoms with Crippen LogP contribution in [0.5, 0.6) is 0 Å². The third kappa shape index (κ3) is 3.10. The SMILES string of the molecule is O=CC1CCOCCC1C[N+](=O)[O-]. The predicted octanol–water partition coefficient (Wildman–Crippen LogP) is 0.505. The van der Waals surface area contributed by atoms with E-state index in [0.717, 1.165) is 6.29 Å². The van der Waals surface area contributed by atoms with Gasteiger partial charge < -0.3 is 9.53 Å². The maximum atomic E-state index is 10.6. The molecular formula is C8H13NO4. The Kier molecular flexibility index (Phi) is 3.82. The lowest BCUT2D eigenvalue weighted by atomic mass is 9.89. The van der Waals surface area contributed by atoms with Crippen LogP contribution in [0.2, 0.25) is 0 Å². The molecule has 0 aliphatic carbocycles. The molecule has 0 saturated carbocycles. The minimum absolute atomic E-state index is 0.118. The second kappa shape index (κ2) is 4.91. The van der Waals surface area contributed by atoms with Crippen LogP contribution < -0.4 is 0 Å². The molecule has 0 radical (unpaired) electrons. The lowest BCUT2D eigenvalue weighted by Gasteiger charge is -2.14. The van der Waals surface area contributed by atoms with Crippen LogP contribution in [0.25, 0.3) is 0 Å². The van der Waals surface area contributed by atoms with E-state index in [9.17, 15) is 14.9 Å². The Balaban J connectivity index is 2.53. The standard InChI is InChI=1S/C8H13NO4/c10-6-8-2-4-13-3-1-7(8)5-9(11)12/h6-8H,1-5H2. The highest BCUT2D eigenvalue weighted by Crippen LogP contribution is 2.21. The summed E-state index contributed by atoms with van der Waals surface area (Å²) >= 11 is 0. The van der Waals surface area contributed by atoms with E-state index < -0.39 is 0 Å². The maximum Gasteiger partial charge on any atom is 0.207 e. The number of ether oxygens (including phenoxy) is 1. The highest BCUT2D eigenvalue weighted by atomic mass is 16.6. The van der Waals surface area contributed by atoms with E-state index in [0.29, 0.717) is 26.1 Å². The average molecular weight is 187 g/mol. The van der Waals surface area contributed by atoms with Gasteiger partial charge in [0.25, 0.3) is 0 Å². The molecule has 1 saturated heterocycles. The van der Waals surface area contributed by atoms with Gasteiger partial charge in [-0.1, -0.05) is 0 Å². The van der Waals surface area contributed by atoms with Crippen LogP contribution in [0, 0.1) is 22.0 Å². The smallest absolute Gasteiger partial charge is 0.207 e. The summed E-state index contributed by atoms with van der Waals surface area (Å²) < 4.78 is 5.16.